The Morgan fingerprint density at radius 3 is 1.33 bits per heavy atom. The maximum absolute atomic E-state index is 14.3. The summed E-state index contributed by atoms with van der Waals surface area (Å²) in [4.78, 5) is 49.7. The van der Waals surface area contributed by atoms with E-state index in [9.17, 15) is 56.4 Å². The van der Waals surface area contributed by atoms with E-state index in [0.29, 0.717) is 51.7 Å². The van der Waals surface area contributed by atoms with E-state index in [4.69, 9.17) is 14.2 Å². The SMILES string of the molecule is CC1(C)[C@@H]2CC[C@]1(CS(=O)(=O)N(CC(=O)O)[C@@H](O[C@H](C(=O)O)N(CC(=O)O)S(=O)(=O)C[C@@]13CC[C@@H]([C@@H]4CCO[C@@H]41)C3(C)C)C(=O)O)[C@@H]1OCC[C@H]21. The van der Waals surface area contributed by atoms with Gasteiger partial charge in [0, 0.05) is 24.0 Å². The van der Waals surface area contributed by atoms with Crippen LogP contribution in [0.2, 0.25) is 0 Å². The molecule has 10 atom stereocenters. The number of carboxylic acids is 4. The van der Waals surface area contributed by atoms with Gasteiger partial charge in [0.25, 0.3) is 0 Å². The largest absolute Gasteiger partial charge is 0.480 e. The average Bonchev–Trinajstić information content (AvgIpc) is 3.81. The molecule has 2 aliphatic heterocycles. The Morgan fingerprint density at radius 1 is 0.667 bits per heavy atom. The second kappa shape index (κ2) is 12.6. The first-order chi connectivity index (χ1) is 23.5. The van der Waals surface area contributed by atoms with Crippen LogP contribution in [0.4, 0.5) is 0 Å². The Labute approximate surface area is 296 Å². The Morgan fingerprint density at radius 2 is 1.02 bits per heavy atom. The van der Waals surface area contributed by atoms with Crippen LogP contribution < -0.4 is 0 Å². The van der Waals surface area contributed by atoms with E-state index in [1.807, 2.05) is 27.7 Å². The molecule has 0 aromatic rings. The van der Waals surface area contributed by atoms with E-state index in [2.05, 4.69) is 0 Å². The van der Waals surface area contributed by atoms with Gasteiger partial charge in [0.15, 0.2) is 0 Å². The van der Waals surface area contributed by atoms with Gasteiger partial charge in [-0.2, -0.15) is 8.61 Å². The van der Waals surface area contributed by atoms with Crippen LogP contribution in [0.25, 0.3) is 0 Å². The number of fused-ring (bicyclic) bond motifs is 10. The first-order valence-electron chi connectivity index (χ1n) is 17.3. The van der Waals surface area contributed by atoms with Crippen molar-refractivity contribution >= 4 is 43.9 Å². The number of rotatable bonds is 16. The lowest BCUT2D eigenvalue weighted by molar-refractivity contribution is -0.186. The van der Waals surface area contributed by atoms with Crippen LogP contribution in [0, 0.1) is 45.3 Å². The summed E-state index contributed by atoms with van der Waals surface area (Å²) in [7, 11) is -9.87. The molecule has 2 saturated heterocycles. The molecule has 0 unspecified atom stereocenters. The molecule has 4 N–H and O–H groups in total. The van der Waals surface area contributed by atoms with Gasteiger partial charge in [0.2, 0.25) is 32.5 Å². The Hall–Kier alpha value is -2.42. The van der Waals surface area contributed by atoms with Gasteiger partial charge in [0.05, 0.1) is 23.7 Å². The van der Waals surface area contributed by atoms with Crippen LogP contribution in [0.15, 0.2) is 0 Å². The number of hydrogen-bond acceptors (Lipinski definition) is 11. The molecular formula is C32H48N2O15S2. The molecule has 4 aliphatic carbocycles. The van der Waals surface area contributed by atoms with Crippen molar-refractivity contribution in [3.63, 3.8) is 0 Å². The maximum Gasteiger partial charge on any atom is 0.349 e. The van der Waals surface area contributed by atoms with E-state index in [0.717, 1.165) is 0 Å². The van der Waals surface area contributed by atoms with E-state index >= 15 is 0 Å². The third-order valence-electron chi connectivity index (χ3n) is 14.0. The number of carbonyl (C=O) groups is 4. The number of nitrogens with zero attached hydrogens (tertiary/aromatic N) is 2. The standard InChI is InChI=1S/C32H48N2O15S2/c1-29(2)19-5-9-31(29,23-17(19)7-11-47-23)15-50(43,44)33(13-21(35)36)25(27(39)40)49-26(28(41)42)34(14-22(37)38)51(45,46)16-32-10-6-20(30(32,3)4)18-8-12-48-24(18)32/h17-20,23-26H,5-16H2,1-4H3,(H,35,36)(H,37,38)(H,39,40)(H,41,42)/t17-,18+,19-,20+,23-,24+,25+,26-,31-,32-/m0/s1. The van der Waals surface area contributed by atoms with E-state index in [1.54, 1.807) is 0 Å². The van der Waals surface area contributed by atoms with Crippen molar-refractivity contribution in [2.45, 2.75) is 90.9 Å². The molecular weight excluding hydrogens is 716 g/mol. The number of ether oxygens (including phenoxy) is 3. The van der Waals surface area contributed by atoms with Gasteiger partial charge < -0.3 is 34.6 Å². The molecule has 6 aliphatic rings. The van der Waals surface area contributed by atoms with Crippen molar-refractivity contribution in [2.75, 3.05) is 37.8 Å². The fourth-order valence-corrected chi connectivity index (χ4v) is 16.1. The zero-order valence-electron chi connectivity index (χ0n) is 29.1. The van der Waals surface area contributed by atoms with Gasteiger partial charge in [0.1, 0.15) is 13.1 Å². The van der Waals surface area contributed by atoms with Crippen LogP contribution in [0.1, 0.15) is 66.2 Å². The quantitative estimate of drug-likeness (QED) is 0.160. The average molecular weight is 765 g/mol. The molecule has 2 heterocycles. The monoisotopic (exact) mass is 764 g/mol. The molecule has 17 nitrogen and oxygen atoms in total. The Kier molecular flexibility index (Phi) is 9.45. The van der Waals surface area contributed by atoms with Crippen LogP contribution in [0.5, 0.6) is 0 Å². The molecule has 0 aromatic carbocycles. The van der Waals surface area contributed by atoms with E-state index in [-0.39, 0.29) is 32.3 Å². The lowest BCUT2D eigenvalue weighted by atomic mass is 9.69. The molecule has 0 radical (unpaired) electrons. The van der Waals surface area contributed by atoms with Gasteiger partial charge in [-0.1, -0.05) is 27.7 Å². The highest BCUT2D eigenvalue weighted by Gasteiger charge is 2.73. The summed E-state index contributed by atoms with van der Waals surface area (Å²) >= 11 is 0. The molecule has 288 valence electrons. The second-order valence-corrected chi connectivity index (χ2v) is 20.3. The van der Waals surface area contributed by atoms with Crippen molar-refractivity contribution in [3.05, 3.63) is 0 Å². The Bertz CT molecular complexity index is 1580. The number of aliphatic carboxylic acids is 4. The highest BCUT2D eigenvalue weighted by atomic mass is 32.2. The zero-order valence-corrected chi connectivity index (χ0v) is 30.7. The molecule has 6 rings (SSSR count). The highest BCUT2D eigenvalue weighted by Crippen LogP contribution is 2.72. The third-order valence-corrected chi connectivity index (χ3v) is 17.8. The summed E-state index contributed by atoms with van der Waals surface area (Å²) in [6.07, 6.45) is -3.13. The molecule has 19 heteroatoms. The van der Waals surface area contributed by atoms with Gasteiger partial charge >= 0.3 is 23.9 Å². The summed E-state index contributed by atoms with van der Waals surface area (Å²) in [5, 5.41) is 40.2. The fourth-order valence-electron chi connectivity index (χ4n) is 11.7. The minimum Gasteiger partial charge on any atom is -0.480 e. The summed E-state index contributed by atoms with van der Waals surface area (Å²) in [5.41, 5.74) is -3.27. The first-order valence-corrected chi connectivity index (χ1v) is 20.5. The molecule has 0 spiro atoms. The first kappa shape index (κ1) is 38.3. The summed E-state index contributed by atoms with van der Waals surface area (Å²) in [5.74, 6) is -8.98. The molecule has 4 bridgehead atoms. The predicted molar refractivity (Wildman–Crippen MR) is 174 cm³/mol. The van der Waals surface area contributed by atoms with Gasteiger partial charge in [-0.25, -0.2) is 26.4 Å². The topological polar surface area (TPSA) is 252 Å². The smallest absolute Gasteiger partial charge is 0.349 e. The van der Waals surface area contributed by atoms with Crippen molar-refractivity contribution in [2.24, 2.45) is 45.3 Å². The normalized spacial score (nSPS) is 37.1. The van der Waals surface area contributed by atoms with Crippen LogP contribution in [-0.4, -0.2) is 132 Å². The molecule has 0 amide bonds. The van der Waals surface area contributed by atoms with Gasteiger partial charge in [-0.05, 0) is 73.0 Å². The minimum atomic E-state index is -4.93. The van der Waals surface area contributed by atoms with Gasteiger partial charge in [-0.3, -0.25) is 9.59 Å². The summed E-state index contributed by atoms with van der Waals surface area (Å²) < 4.78 is 74.6. The maximum atomic E-state index is 14.3. The fraction of sp³-hybridized carbons (Fsp3) is 0.875. The lowest BCUT2D eigenvalue weighted by Crippen LogP contribution is -2.59. The van der Waals surface area contributed by atoms with E-state index in [1.165, 1.54) is 0 Å². The van der Waals surface area contributed by atoms with Crippen molar-refractivity contribution in [3.8, 4) is 0 Å². The minimum absolute atomic E-state index is 0.0108. The third kappa shape index (κ3) is 5.71. The molecule has 4 saturated carbocycles. The molecule has 6 fully saturated rings. The number of sulfonamides is 2. The van der Waals surface area contributed by atoms with Crippen molar-refractivity contribution in [1.29, 1.82) is 0 Å². The summed E-state index contributed by atoms with van der Waals surface area (Å²) in [6.45, 7) is 5.49. The molecule has 51 heavy (non-hydrogen) atoms. The predicted octanol–water partition coefficient (Wildman–Crippen LogP) is 0.940. The van der Waals surface area contributed by atoms with Crippen LogP contribution in [-0.2, 0) is 53.4 Å². The highest BCUT2D eigenvalue weighted by molar-refractivity contribution is 7.89. The lowest BCUT2D eigenvalue weighted by Gasteiger charge is -2.43. The number of hydrogen-bond donors (Lipinski definition) is 4. The summed E-state index contributed by atoms with van der Waals surface area (Å²) in [6, 6.07) is 0. The van der Waals surface area contributed by atoms with Crippen LogP contribution in [0.3, 0.4) is 0 Å². The zero-order chi connectivity index (χ0) is 37.7. The van der Waals surface area contributed by atoms with Crippen molar-refractivity contribution in [1.82, 2.24) is 8.61 Å². The Balaban J connectivity index is 1.35. The second-order valence-electron chi connectivity index (χ2n) is 16.4. The van der Waals surface area contributed by atoms with E-state index < -0.39 is 115 Å². The number of carboxylic acid groups (broad SMARTS) is 4. The van der Waals surface area contributed by atoms with Crippen LogP contribution >= 0.6 is 0 Å². The van der Waals surface area contributed by atoms with Gasteiger partial charge in [-0.15, -0.1) is 0 Å². The van der Waals surface area contributed by atoms with Crippen molar-refractivity contribution < 1.29 is 70.7 Å². The molecule has 0 aromatic heterocycles.